The van der Waals surface area contributed by atoms with Gasteiger partial charge in [0.25, 0.3) is 0 Å². The van der Waals surface area contributed by atoms with Gasteiger partial charge in [0, 0.05) is 24.8 Å². The van der Waals surface area contributed by atoms with Crippen LogP contribution in [0.4, 0.5) is 0 Å². The summed E-state index contributed by atoms with van der Waals surface area (Å²) in [6, 6.07) is 0. The molecule has 6 rings (SSSR count). The largest absolute Gasteiger partial charge is 0.481 e. The molecule has 22 heteroatoms. The molecule has 0 radical (unpaired) electrons. The molecule has 3 aliphatic carbocycles. The van der Waals surface area contributed by atoms with Crippen LogP contribution in [0, 0.1) is 17.8 Å². The maximum atomic E-state index is 12.6. The number of carboxylic acids is 1. The molecule has 22 atom stereocenters. The third-order valence-electron chi connectivity index (χ3n) is 12.9. The Hall–Kier alpha value is -2.49. The lowest BCUT2D eigenvalue weighted by Crippen LogP contribution is -2.64. The molecule has 3 saturated carbocycles. The third kappa shape index (κ3) is 11.8. The number of hydrogen-bond donors (Lipinski definition) is 12. The molecule has 22 nitrogen and oxygen atoms in total. The van der Waals surface area contributed by atoms with Crippen LogP contribution in [0.2, 0.25) is 0 Å². The lowest BCUT2D eigenvalue weighted by Gasteiger charge is -2.50. The van der Waals surface area contributed by atoms with Gasteiger partial charge >= 0.3 is 17.9 Å². The summed E-state index contributed by atoms with van der Waals surface area (Å²) in [6.07, 6.45) is -21.1. The van der Waals surface area contributed by atoms with Crippen LogP contribution in [-0.4, -0.2) is 213 Å². The second kappa shape index (κ2) is 21.0. The molecule has 6 fully saturated rings. The van der Waals surface area contributed by atoms with Crippen LogP contribution >= 0.6 is 0 Å². The van der Waals surface area contributed by atoms with E-state index in [4.69, 9.17) is 38.3 Å². The van der Waals surface area contributed by atoms with E-state index < -0.39 is 160 Å². The minimum Gasteiger partial charge on any atom is -0.481 e. The highest BCUT2D eigenvalue weighted by atomic mass is 16.7. The van der Waals surface area contributed by atoms with Gasteiger partial charge in [-0.05, 0) is 50.9 Å². The molecule has 61 heavy (non-hydrogen) atoms. The highest BCUT2D eigenvalue weighted by molar-refractivity contribution is 5.90. The second-order valence-corrected chi connectivity index (χ2v) is 17.3. The summed E-state index contributed by atoms with van der Waals surface area (Å²) >= 11 is 0. The van der Waals surface area contributed by atoms with E-state index in [1.54, 1.807) is 6.08 Å². The highest BCUT2D eigenvalue weighted by Gasteiger charge is 2.57. The third-order valence-corrected chi connectivity index (χ3v) is 12.9. The molecule has 3 aliphatic heterocycles. The molecule has 0 spiro atoms. The van der Waals surface area contributed by atoms with E-state index >= 15 is 0 Å². The van der Waals surface area contributed by atoms with Gasteiger partial charge in [0.2, 0.25) is 0 Å². The predicted molar refractivity (Wildman–Crippen MR) is 198 cm³/mol. The maximum absolute atomic E-state index is 12.6. The summed E-state index contributed by atoms with van der Waals surface area (Å²) in [5.74, 6) is -4.57. The second-order valence-electron chi connectivity index (χ2n) is 17.3. The molecule has 0 aromatic heterocycles. The van der Waals surface area contributed by atoms with Gasteiger partial charge in [0.05, 0.1) is 42.5 Å². The number of ether oxygens (including phenoxy) is 7. The van der Waals surface area contributed by atoms with Gasteiger partial charge in [-0.1, -0.05) is 6.08 Å². The Bertz CT molecular complexity index is 1500. The first-order valence-electron chi connectivity index (χ1n) is 20.9. The van der Waals surface area contributed by atoms with Crippen molar-refractivity contribution in [1.82, 2.24) is 0 Å². The van der Waals surface area contributed by atoms with E-state index in [9.17, 15) is 70.6 Å². The van der Waals surface area contributed by atoms with Crippen molar-refractivity contribution >= 4 is 17.9 Å². The molecule has 3 heterocycles. The summed E-state index contributed by atoms with van der Waals surface area (Å²) in [4.78, 5) is 35.4. The van der Waals surface area contributed by atoms with Crippen LogP contribution in [0.5, 0.6) is 0 Å². The van der Waals surface area contributed by atoms with Crippen molar-refractivity contribution in [3.05, 3.63) is 12.2 Å². The fraction of sp³-hybridized carbons (Fsp3) is 0.872. The Kier molecular flexibility index (Phi) is 16.5. The normalized spacial score (nSPS) is 47.0. The molecule has 348 valence electrons. The Balaban J connectivity index is 1.16. The number of aliphatic hydroxyl groups is 13. The Morgan fingerprint density at radius 3 is 1.77 bits per heavy atom. The summed E-state index contributed by atoms with van der Waals surface area (Å²) in [5, 5.41) is 125. The van der Waals surface area contributed by atoms with Gasteiger partial charge in [-0.3, -0.25) is 9.59 Å². The number of esters is 2. The molecule has 13 N–H and O–H groups in total. The number of aliphatic hydroxyl groups excluding tert-OH is 11. The average molecular weight is 882 g/mol. The van der Waals surface area contributed by atoms with Crippen LogP contribution in [-0.2, 0) is 42.8 Å². The van der Waals surface area contributed by atoms with Gasteiger partial charge in [-0.2, -0.15) is 0 Å². The van der Waals surface area contributed by atoms with Crippen LogP contribution in [0.1, 0.15) is 64.2 Å². The van der Waals surface area contributed by atoms with Gasteiger partial charge in [-0.15, -0.1) is 0 Å². The molecule has 0 aromatic rings. The lowest BCUT2D eigenvalue weighted by molar-refractivity contribution is -0.367. The van der Waals surface area contributed by atoms with Crippen molar-refractivity contribution in [2.75, 3.05) is 13.2 Å². The number of rotatable bonds is 13. The van der Waals surface area contributed by atoms with Crippen molar-refractivity contribution in [3.8, 4) is 0 Å². The van der Waals surface area contributed by atoms with Crippen molar-refractivity contribution in [1.29, 1.82) is 0 Å². The van der Waals surface area contributed by atoms with Gasteiger partial charge < -0.3 is 94.4 Å². The topological polar surface area (TPSA) is 362 Å². The first-order chi connectivity index (χ1) is 28.9. The van der Waals surface area contributed by atoms with E-state index in [0.29, 0.717) is 19.3 Å². The minimum atomic E-state index is -1.85. The number of aliphatic carboxylic acids is 1. The van der Waals surface area contributed by atoms with E-state index in [1.165, 1.54) is 0 Å². The zero-order valence-corrected chi connectivity index (χ0v) is 33.3. The van der Waals surface area contributed by atoms with Crippen molar-refractivity contribution in [2.24, 2.45) is 17.8 Å². The average Bonchev–Trinajstić information content (AvgIpc) is 3.21. The van der Waals surface area contributed by atoms with Crippen molar-refractivity contribution in [2.45, 2.75) is 181 Å². The summed E-state index contributed by atoms with van der Waals surface area (Å²) in [6.45, 7) is -1.25. The van der Waals surface area contributed by atoms with Crippen LogP contribution < -0.4 is 0 Å². The van der Waals surface area contributed by atoms with E-state index in [1.807, 2.05) is 0 Å². The maximum Gasteiger partial charge on any atom is 0.330 e. The monoisotopic (exact) mass is 881 g/mol. The number of allylic oxidation sites excluding steroid dienone is 1. The van der Waals surface area contributed by atoms with E-state index in [-0.39, 0.29) is 50.4 Å². The Morgan fingerprint density at radius 2 is 1.18 bits per heavy atom. The number of carbonyl (C=O) groups is 3. The SMILES string of the molecule is O=C(O)CC(=O)OC[C@H]1O[C@@H](OC2CC(O)CC3[OH+]C(C4CCC(O)C(O)C4)C(O[C@@H]4O[C@H](COC(=O)C=CC5CCC(O)C(O)C5)[C@@H](O)[C@H](O)[C@H]4O)CC23)[C@H](O)[C@@H](O)[C@@H]1O. The Morgan fingerprint density at radius 1 is 0.607 bits per heavy atom. The molecular formula is C39H61O22+. The zero-order valence-electron chi connectivity index (χ0n) is 33.3. The fourth-order valence-corrected chi connectivity index (χ4v) is 9.43. The zero-order chi connectivity index (χ0) is 44.3. The first kappa shape index (κ1) is 48.0. The molecule has 6 aliphatic rings. The fourth-order valence-electron chi connectivity index (χ4n) is 9.43. The van der Waals surface area contributed by atoms with Gasteiger partial charge in [0.15, 0.2) is 24.8 Å². The van der Waals surface area contributed by atoms with E-state index in [0.717, 1.165) is 6.08 Å². The number of carbonyl (C=O) groups excluding carboxylic acids is 2. The summed E-state index contributed by atoms with van der Waals surface area (Å²) in [7, 11) is 0. The first-order valence-corrected chi connectivity index (χ1v) is 20.9. The quantitative estimate of drug-likeness (QED) is 0.0356. The van der Waals surface area contributed by atoms with Crippen molar-refractivity contribution in [3.63, 3.8) is 0 Å². The van der Waals surface area contributed by atoms with Crippen LogP contribution in [0.25, 0.3) is 0 Å². The smallest absolute Gasteiger partial charge is 0.330 e. The van der Waals surface area contributed by atoms with Gasteiger partial charge in [0.1, 0.15) is 74.6 Å². The molecule has 0 aromatic carbocycles. The lowest BCUT2D eigenvalue weighted by atomic mass is 9.72. The summed E-state index contributed by atoms with van der Waals surface area (Å²) < 4.78 is 39.5. The molecule has 3 saturated heterocycles. The van der Waals surface area contributed by atoms with Crippen molar-refractivity contribution < 1.29 is 109 Å². The molecule has 0 amide bonds. The number of fused-ring (bicyclic) bond motifs is 1. The standard InChI is InChI=1S/C39H60O22/c40-17-9-23-18(24(10-17)58-38-35(53)33(51)32(50)27(60-38)14-56-30(48)12-28(45)46)11-25(37(57-23)16-3-5-20(42)22(44)8-16)59-39-36(54)34(52)31(49)26(61-39)13-55-29(47)6-2-15-1-4-19(41)21(43)7-15/h2,6,15-27,31-44,49-54H,1,3-5,7-14H2,(H,45,46)/p+1/t15?,16?,17?,18?,19?,20?,21?,22?,23?,24?,25?,26-,27-,31-,32-,33+,34+,35-,36-,37?,38-,39-/m1/s1. The Labute approximate surface area is 350 Å². The summed E-state index contributed by atoms with van der Waals surface area (Å²) in [5.41, 5.74) is 0. The minimum absolute atomic E-state index is 0.0233. The molecule has 0 bridgehead atoms. The van der Waals surface area contributed by atoms with Gasteiger partial charge in [-0.25, -0.2) is 4.79 Å². The number of carboxylic acid groups (broad SMARTS) is 1. The molecule has 12 unspecified atom stereocenters. The predicted octanol–water partition coefficient (Wildman–Crippen LogP) is -5.03. The number of hydrogen-bond acceptors (Lipinski definition) is 20. The van der Waals surface area contributed by atoms with Crippen LogP contribution in [0.15, 0.2) is 12.2 Å². The van der Waals surface area contributed by atoms with Crippen LogP contribution in [0.3, 0.4) is 0 Å². The van der Waals surface area contributed by atoms with E-state index in [2.05, 4.69) is 0 Å². The molecular weight excluding hydrogens is 820 g/mol. The highest BCUT2D eigenvalue weighted by Crippen LogP contribution is 2.44.